The molecule has 0 saturated carbocycles. The molecule has 5 aromatic carbocycles. The summed E-state index contributed by atoms with van der Waals surface area (Å²) in [5.74, 6) is -0.192. The van der Waals surface area contributed by atoms with Gasteiger partial charge >= 0.3 is 0 Å². The number of nitrogens with zero attached hydrogens (tertiary/aromatic N) is 2. The lowest BCUT2D eigenvalue weighted by atomic mass is 9.92. The molecule has 0 unspecified atom stereocenters. The van der Waals surface area contributed by atoms with Crippen molar-refractivity contribution >= 4 is 48.9 Å². The number of nitrogens with two attached hydrogens (primary N) is 1. The summed E-state index contributed by atoms with van der Waals surface area (Å²) in [6.07, 6.45) is 1.62. The van der Waals surface area contributed by atoms with Gasteiger partial charge in [0.2, 0.25) is 10.0 Å². The van der Waals surface area contributed by atoms with Gasteiger partial charge in [0.15, 0.2) is 0 Å². The average Bonchev–Trinajstić information content (AvgIpc) is 3.16. The van der Waals surface area contributed by atoms with Crippen LogP contribution >= 0.6 is 11.6 Å². The zero-order valence-electron chi connectivity index (χ0n) is 29.3. The third-order valence-corrected chi connectivity index (χ3v) is 12.3. The highest BCUT2D eigenvalue weighted by Crippen LogP contribution is 2.35. The van der Waals surface area contributed by atoms with Crippen molar-refractivity contribution in [2.24, 2.45) is 5.14 Å². The maximum atomic E-state index is 13.7. The average molecular weight is 786 g/mol. The van der Waals surface area contributed by atoms with Crippen molar-refractivity contribution in [3.8, 4) is 16.9 Å². The summed E-state index contributed by atoms with van der Waals surface area (Å²) in [4.78, 5) is 17.5. The molecule has 2 aliphatic rings. The number of sulfonamides is 2. The normalized spacial score (nSPS) is 15.9. The molecule has 2 heterocycles. The van der Waals surface area contributed by atoms with E-state index in [0.29, 0.717) is 16.8 Å². The van der Waals surface area contributed by atoms with Crippen LogP contribution in [-0.2, 0) is 33.0 Å². The summed E-state index contributed by atoms with van der Waals surface area (Å²) in [5.41, 5.74) is 5.85. The zero-order valence-corrected chi connectivity index (χ0v) is 31.7. The van der Waals surface area contributed by atoms with Crippen LogP contribution < -0.4 is 24.8 Å². The van der Waals surface area contributed by atoms with Crippen LogP contribution in [0.4, 0.5) is 11.4 Å². The number of para-hydroxylation sites is 1. The summed E-state index contributed by atoms with van der Waals surface area (Å²) in [7, 11) is -8.79. The molecular weight excluding hydrogens is 746 g/mol. The van der Waals surface area contributed by atoms with E-state index in [1.807, 2.05) is 48.5 Å². The van der Waals surface area contributed by atoms with Crippen molar-refractivity contribution in [3.63, 3.8) is 0 Å². The Morgan fingerprint density at radius 3 is 2.41 bits per heavy atom. The van der Waals surface area contributed by atoms with Crippen molar-refractivity contribution in [2.45, 2.75) is 35.2 Å². The zero-order chi connectivity index (χ0) is 37.9. The number of benzene rings is 5. The Hall–Kier alpha value is -4.92. The van der Waals surface area contributed by atoms with E-state index >= 15 is 0 Å². The molecule has 54 heavy (non-hydrogen) atoms. The highest BCUT2D eigenvalue weighted by molar-refractivity contribution is 7.90. The first-order chi connectivity index (χ1) is 25.9. The molecule has 0 radical (unpaired) electrons. The number of ether oxygens (including phenoxy) is 1. The molecule has 1 fully saturated rings. The van der Waals surface area contributed by atoms with E-state index in [-0.39, 0.29) is 24.4 Å². The molecule has 7 rings (SSSR count). The molecular formula is C40H40ClN5O6S2. The number of nitrogens with one attached hydrogen (secondary N) is 2. The molecule has 2 aliphatic heterocycles. The van der Waals surface area contributed by atoms with Crippen molar-refractivity contribution in [2.75, 3.05) is 43.0 Å². The number of hydrogen-bond donors (Lipinski definition) is 3. The standard InChI is InChI=1S/C40H40ClN5O6S2/c41-32-14-10-28(11-15-32)36-9-5-4-6-31(36)26-45-21-22-46-33(27-45)16-12-29-24-30(13-19-38(29)46)40(47)44-54(50,51)39-25-35(53(42,48)49)17-18-37(39)43-20-23-52-34-7-2-1-3-8-34/h1-11,13-15,17-19,24-25,33,43H,12,16,20-23,26-27H2,(H,44,47)(H2,42,48,49)/t33-/m0/s1. The lowest BCUT2D eigenvalue weighted by molar-refractivity contribution is 0.0981. The number of anilines is 2. The summed E-state index contributed by atoms with van der Waals surface area (Å²) in [6.45, 7) is 3.77. The molecule has 280 valence electrons. The number of carbonyl (C=O) groups excluding carboxylic acids is 1. The Morgan fingerprint density at radius 2 is 1.63 bits per heavy atom. The highest BCUT2D eigenvalue weighted by Gasteiger charge is 2.33. The first kappa shape index (κ1) is 37.4. The second-order valence-corrected chi connectivity index (χ2v) is 17.0. The van der Waals surface area contributed by atoms with Gasteiger partial charge in [0.1, 0.15) is 17.3 Å². The van der Waals surface area contributed by atoms with Crippen molar-refractivity contribution in [1.29, 1.82) is 0 Å². The molecule has 1 atom stereocenters. The van der Waals surface area contributed by atoms with Gasteiger partial charge in [0.25, 0.3) is 15.9 Å². The minimum Gasteiger partial charge on any atom is -0.492 e. The molecule has 0 spiro atoms. The van der Waals surface area contributed by atoms with Crippen molar-refractivity contribution in [1.82, 2.24) is 9.62 Å². The Bertz CT molecular complexity index is 2380. The smallest absolute Gasteiger partial charge is 0.266 e. The number of amides is 1. The van der Waals surface area contributed by atoms with Gasteiger partial charge in [0, 0.05) is 55.0 Å². The molecule has 14 heteroatoms. The number of halogens is 1. The molecule has 0 aromatic heterocycles. The fraction of sp³-hybridized carbons (Fsp3) is 0.225. The fourth-order valence-corrected chi connectivity index (χ4v) is 9.05. The first-order valence-electron chi connectivity index (χ1n) is 17.6. The van der Waals surface area contributed by atoms with Gasteiger partial charge in [-0.2, -0.15) is 0 Å². The topological polar surface area (TPSA) is 151 Å². The molecule has 4 N–H and O–H groups in total. The third kappa shape index (κ3) is 8.56. The first-order valence-corrected chi connectivity index (χ1v) is 21.0. The monoisotopic (exact) mass is 785 g/mol. The van der Waals surface area contributed by atoms with Crippen LogP contribution in [0.1, 0.15) is 27.9 Å². The fourth-order valence-electron chi connectivity index (χ4n) is 7.12. The summed E-state index contributed by atoms with van der Waals surface area (Å²) in [5, 5.41) is 9.00. The number of hydrogen-bond acceptors (Lipinski definition) is 9. The summed E-state index contributed by atoms with van der Waals surface area (Å²) >= 11 is 6.14. The van der Waals surface area contributed by atoms with Gasteiger partial charge in [0.05, 0.1) is 10.6 Å². The van der Waals surface area contributed by atoms with E-state index in [2.05, 4.69) is 44.1 Å². The largest absolute Gasteiger partial charge is 0.492 e. The Morgan fingerprint density at radius 1 is 0.870 bits per heavy atom. The molecule has 1 amide bonds. The number of rotatable bonds is 12. The van der Waals surface area contributed by atoms with Gasteiger partial charge in [-0.25, -0.2) is 26.7 Å². The van der Waals surface area contributed by atoms with E-state index in [0.717, 1.165) is 61.9 Å². The highest BCUT2D eigenvalue weighted by atomic mass is 35.5. The third-order valence-electron chi connectivity index (χ3n) is 9.76. The molecule has 0 bridgehead atoms. The SMILES string of the molecule is NS(=O)(=O)c1ccc(NCCOc2ccccc2)c(S(=O)(=O)NC(=O)c2ccc3c(c2)CC[C@H]2CN(Cc4ccccc4-c4ccc(Cl)cc4)CCN32)c1. The molecule has 1 saturated heterocycles. The number of piperazine rings is 1. The number of fused-ring (bicyclic) bond motifs is 3. The Labute approximate surface area is 320 Å². The van der Waals surface area contributed by atoms with Crippen molar-refractivity contribution in [3.05, 3.63) is 137 Å². The van der Waals surface area contributed by atoms with E-state index < -0.39 is 35.7 Å². The van der Waals surface area contributed by atoms with Gasteiger partial charge in [-0.15, -0.1) is 0 Å². The van der Waals surface area contributed by atoms with Crippen LogP contribution in [0, 0.1) is 0 Å². The van der Waals surface area contributed by atoms with Crippen LogP contribution in [0.15, 0.2) is 125 Å². The Kier molecular flexibility index (Phi) is 11.0. The summed E-state index contributed by atoms with van der Waals surface area (Å²) < 4.78 is 59.4. The molecule has 5 aromatic rings. The minimum atomic E-state index is -4.55. The van der Waals surface area contributed by atoms with Crippen LogP contribution in [0.5, 0.6) is 5.75 Å². The van der Waals surface area contributed by atoms with Crippen molar-refractivity contribution < 1.29 is 26.4 Å². The second kappa shape index (κ2) is 15.8. The van der Waals surface area contributed by atoms with Crippen LogP contribution in [-0.4, -0.2) is 66.5 Å². The van der Waals surface area contributed by atoms with Crippen LogP contribution in [0.3, 0.4) is 0 Å². The lowest BCUT2D eigenvalue weighted by Gasteiger charge is -2.46. The Balaban J connectivity index is 1.02. The van der Waals surface area contributed by atoms with Gasteiger partial charge < -0.3 is 15.0 Å². The van der Waals surface area contributed by atoms with E-state index in [1.54, 1.807) is 24.3 Å². The minimum absolute atomic E-state index is 0.0865. The quantitative estimate of drug-likeness (QED) is 0.131. The van der Waals surface area contributed by atoms with E-state index in [9.17, 15) is 21.6 Å². The molecule has 11 nitrogen and oxygen atoms in total. The van der Waals surface area contributed by atoms with Crippen LogP contribution in [0.2, 0.25) is 5.02 Å². The predicted octanol–water partition coefficient (Wildman–Crippen LogP) is 5.90. The maximum Gasteiger partial charge on any atom is 0.266 e. The van der Waals surface area contributed by atoms with Gasteiger partial charge in [-0.3, -0.25) is 9.69 Å². The summed E-state index contributed by atoms with van der Waals surface area (Å²) in [6, 6.07) is 34.4. The number of aryl methyl sites for hydroxylation is 1. The lowest BCUT2D eigenvalue weighted by Crippen LogP contribution is -2.54. The number of primary sulfonamides is 1. The van der Waals surface area contributed by atoms with Gasteiger partial charge in [-0.05, 0) is 95.8 Å². The van der Waals surface area contributed by atoms with Crippen LogP contribution in [0.25, 0.3) is 11.1 Å². The van der Waals surface area contributed by atoms with E-state index in [1.165, 1.54) is 23.3 Å². The van der Waals surface area contributed by atoms with E-state index in [4.69, 9.17) is 21.5 Å². The molecule has 0 aliphatic carbocycles. The predicted molar refractivity (Wildman–Crippen MR) is 211 cm³/mol. The number of carbonyl (C=O) groups is 1. The second-order valence-electron chi connectivity index (χ2n) is 13.4. The van der Waals surface area contributed by atoms with Gasteiger partial charge in [-0.1, -0.05) is 66.2 Å². The maximum absolute atomic E-state index is 13.7.